The topological polar surface area (TPSA) is 68.0 Å². The molecule has 0 aliphatic carbocycles. The van der Waals surface area contributed by atoms with Crippen LogP contribution in [0.15, 0.2) is 18.2 Å². The van der Waals surface area contributed by atoms with Crippen molar-refractivity contribution in [2.45, 2.75) is 31.8 Å². The first-order valence-corrected chi connectivity index (χ1v) is 9.09. The molecule has 0 saturated carbocycles. The second-order valence-electron chi connectivity index (χ2n) is 6.94. The number of rotatable bonds is 6. The predicted octanol–water partition coefficient (Wildman–Crippen LogP) is 1.48. The summed E-state index contributed by atoms with van der Waals surface area (Å²) in [5.41, 5.74) is 6.85. The van der Waals surface area contributed by atoms with E-state index < -0.39 is 0 Å². The van der Waals surface area contributed by atoms with Crippen LogP contribution in [0.25, 0.3) is 0 Å². The Kier molecular flexibility index (Phi) is 5.81. The number of amides is 1. The molecular weight excluding hydrogens is 318 g/mol. The molecule has 2 unspecified atom stereocenters. The molecule has 138 valence electrons. The number of hydrogen-bond acceptors (Lipinski definition) is 5. The molecule has 0 bridgehead atoms. The smallest absolute Gasteiger partial charge is 0.222 e. The Morgan fingerprint density at radius 3 is 2.80 bits per heavy atom. The zero-order chi connectivity index (χ0) is 17.8. The van der Waals surface area contributed by atoms with Crippen molar-refractivity contribution in [3.63, 3.8) is 0 Å². The van der Waals surface area contributed by atoms with E-state index in [4.69, 9.17) is 15.2 Å². The summed E-state index contributed by atoms with van der Waals surface area (Å²) in [7, 11) is 3.39. The van der Waals surface area contributed by atoms with E-state index in [2.05, 4.69) is 11.0 Å². The molecule has 1 aromatic rings. The van der Waals surface area contributed by atoms with E-state index in [1.807, 2.05) is 17.0 Å². The van der Waals surface area contributed by atoms with Gasteiger partial charge in [0.2, 0.25) is 5.91 Å². The lowest BCUT2D eigenvalue weighted by molar-refractivity contribution is -0.141. The number of ether oxygens (including phenoxy) is 2. The maximum absolute atomic E-state index is 12.2. The molecule has 2 heterocycles. The van der Waals surface area contributed by atoms with Gasteiger partial charge in [-0.15, -0.1) is 0 Å². The van der Waals surface area contributed by atoms with Crippen molar-refractivity contribution in [2.24, 2.45) is 11.7 Å². The fourth-order valence-corrected chi connectivity index (χ4v) is 4.25. The Morgan fingerprint density at radius 1 is 1.24 bits per heavy atom. The van der Waals surface area contributed by atoms with Gasteiger partial charge in [-0.05, 0) is 37.0 Å². The second-order valence-corrected chi connectivity index (χ2v) is 6.94. The normalized spacial score (nSPS) is 24.1. The van der Waals surface area contributed by atoms with Crippen LogP contribution in [-0.4, -0.2) is 62.1 Å². The van der Waals surface area contributed by atoms with Crippen LogP contribution in [0.2, 0.25) is 0 Å². The Morgan fingerprint density at radius 2 is 2.08 bits per heavy atom. The summed E-state index contributed by atoms with van der Waals surface area (Å²) >= 11 is 0. The van der Waals surface area contributed by atoms with Gasteiger partial charge in [0.05, 0.1) is 14.2 Å². The van der Waals surface area contributed by atoms with E-state index in [0.717, 1.165) is 49.5 Å². The lowest BCUT2D eigenvalue weighted by atomic mass is 9.83. The van der Waals surface area contributed by atoms with Gasteiger partial charge in [0, 0.05) is 50.7 Å². The predicted molar refractivity (Wildman–Crippen MR) is 96.7 cm³/mol. The lowest BCUT2D eigenvalue weighted by Gasteiger charge is -2.47. The summed E-state index contributed by atoms with van der Waals surface area (Å²) in [5, 5.41) is 0. The number of carbonyl (C=O) groups excluding carboxylic acids is 1. The summed E-state index contributed by atoms with van der Waals surface area (Å²) in [6.45, 7) is 4.06. The van der Waals surface area contributed by atoms with Crippen LogP contribution >= 0.6 is 0 Å². The molecular formula is C19H29N3O3. The molecule has 1 amide bonds. The summed E-state index contributed by atoms with van der Waals surface area (Å²) < 4.78 is 10.9. The lowest BCUT2D eigenvalue weighted by Crippen LogP contribution is -2.56. The van der Waals surface area contributed by atoms with Gasteiger partial charge in [-0.25, -0.2) is 0 Å². The van der Waals surface area contributed by atoms with Gasteiger partial charge in [-0.1, -0.05) is 0 Å². The number of hydrogen-bond donors (Lipinski definition) is 1. The van der Waals surface area contributed by atoms with Crippen LogP contribution in [0, 0.1) is 5.92 Å². The minimum atomic E-state index is 0.273. The molecule has 2 aliphatic heterocycles. The fourth-order valence-electron chi connectivity index (χ4n) is 4.25. The third kappa shape index (κ3) is 3.90. The number of fused-ring (bicyclic) bond motifs is 1. The maximum atomic E-state index is 12.2. The van der Waals surface area contributed by atoms with Crippen LogP contribution in [0.1, 0.15) is 24.8 Å². The Balaban J connectivity index is 1.68. The summed E-state index contributed by atoms with van der Waals surface area (Å²) in [6.07, 6.45) is 2.65. The van der Waals surface area contributed by atoms with E-state index in [-0.39, 0.29) is 5.91 Å². The van der Waals surface area contributed by atoms with Crippen LogP contribution in [0.5, 0.6) is 11.5 Å². The second kappa shape index (κ2) is 8.06. The monoisotopic (exact) mass is 347 g/mol. The van der Waals surface area contributed by atoms with Crippen molar-refractivity contribution >= 4 is 5.91 Å². The highest BCUT2D eigenvalue weighted by Gasteiger charge is 2.38. The zero-order valence-electron chi connectivity index (χ0n) is 15.2. The molecule has 25 heavy (non-hydrogen) atoms. The molecule has 6 nitrogen and oxygen atoms in total. The van der Waals surface area contributed by atoms with E-state index in [9.17, 15) is 4.79 Å². The number of benzene rings is 1. The van der Waals surface area contributed by atoms with E-state index in [0.29, 0.717) is 31.5 Å². The summed E-state index contributed by atoms with van der Waals surface area (Å²) in [5.74, 6) is 2.55. The molecule has 0 spiro atoms. The van der Waals surface area contributed by atoms with E-state index in [1.54, 1.807) is 14.2 Å². The van der Waals surface area contributed by atoms with E-state index >= 15 is 0 Å². The quantitative estimate of drug-likeness (QED) is 0.844. The minimum Gasteiger partial charge on any atom is -0.497 e. The standard InChI is InChI=1S/C19H29N3O3/c1-24-16-4-5-18(25-2)15(11-16)13-21-9-7-17-14(12-21)3-6-19(23)22(17)10-8-20/h4-5,11,14,17H,3,6-10,12-13,20H2,1-2H3. The van der Waals surface area contributed by atoms with Gasteiger partial charge in [0.15, 0.2) is 0 Å². The molecule has 2 atom stereocenters. The molecule has 1 aromatic carbocycles. The molecule has 0 radical (unpaired) electrons. The molecule has 2 fully saturated rings. The first-order chi connectivity index (χ1) is 12.2. The maximum Gasteiger partial charge on any atom is 0.222 e. The molecule has 2 N–H and O–H groups in total. The largest absolute Gasteiger partial charge is 0.497 e. The molecule has 6 heteroatoms. The third-order valence-electron chi connectivity index (χ3n) is 5.48. The average molecular weight is 347 g/mol. The number of nitrogens with two attached hydrogens (primary N) is 1. The van der Waals surface area contributed by atoms with Crippen LogP contribution in [0.3, 0.4) is 0 Å². The third-order valence-corrected chi connectivity index (χ3v) is 5.48. The highest BCUT2D eigenvalue weighted by Crippen LogP contribution is 2.33. The van der Waals surface area contributed by atoms with Crippen molar-refractivity contribution < 1.29 is 14.3 Å². The number of nitrogens with zero attached hydrogens (tertiary/aromatic N) is 2. The number of methoxy groups -OCH3 is 2. The Bertz CT molecular complexity index is 608. The fraction of sp³-hybridized carbons (Fsp3) is 0.632. The van der Waals surface area contributed by atoms with Crippen molar-refractivity contribution in [3.05, 3.63) is 23.8 Å². The van der Waals surface area contributed by atoms with Gasteiger partial charge >= 0.3 is 0 Å². The SMILES string of the molecule is COc1ccc(OC)c(CN2CCC3C(CCC(=O)N3CCN)C2)c1. The van der Waals surface area contributed by atoms with Crippen molar-refractivity contribution in [3.8, 4) is 11.5 Å². The number of carbonyl (C=O) groups is 1. The molecule has 3 rings (SSSR count). The zero-order valence-corrected chi connectivity index (χ0v) is 15.2. The molecule has 2 saturated heterocycles. The first kappa shape index (κ1) is 18.0. The van der Waals surface area contributed by atoms with Crippen molar-refractivity contribution in [1.29, 1.82) is 0 Å². The highest BCUT2D eigenvalue weighted by molar-refractivity contribution is 5.77. The van der Waals surface area contributed by atoms with E-state index in [1.165, 1.54) is 0 Å². The number of likely N-dealkylation sites (tertiary alicyclic amines) is 2. The van der Waals surface area contributed by atoms with Crippen LogP contribution in [0.4, 0.5) is 0 Å². The van der Waals surface area contributed by atoms with Crippen LogP contribution < -0.4 is 15.2 Å². The average Bonchev–Trinajstić information content (AvgIpc) is 2.64. The van der Waals surface area contributed by atoms with Gasteiger partial charge in [0.25, 0.3) is 0 Å². The van der Waals surface area contributed by atoms with Crippen molar-refractivity contribution in [1.82, 2.24) is 9.80 Å². The van der Waals surface area contributed by atoms with Crippen LogP contribution in [-0.2, 0) is 11.3 Å². The highest BCUT2D eigenvalue weighted by atomic mass is 16.5. The first-order valence-electron chi connectivity index (χ1n) is 9.09. The van der Waals surface area contributed by atoms with Gasteiger partial charge < -0.3 is 20.1 Å². The molecule has 0 aromatic heterocycles. The summed E-state index contributed by atoms with van der Waals surface area (Å²) in [6, 6.07) is 6.29. The minimum absolute atomic E-state index is 0.273. The van der Waals surface area contributed by atoms with Gasteiger partial charge in [-0.2, -0.15) is 0 Å². The number of piperidine rings is 2. The summed E-state index contributed by atoms with van der Waals surface area (Å²) in [4.78, 5) is 16.7. The van der Waals surface area contributed by atoms with Crippen molar-refractivity contribution in [2.75, 3.05) is 40.4 Å². The van der Waals surface area contributed by atoms with Gasteiger partial charge in [-0.3, -0.25) is 9.69 Å². The Labute approximate surface area is 149 Å². The Hall–Kier alpha value is -1.79. The molecule has 2 aliphatic rings. The van der Waals surface area contributed by atoms with Gasteiger partial charge in [0.1, 0.15) is 11.5 Å².